The molecule has 2 amide bonds. The molecule has 6 heteroatoms. The summed E-state index contributed by atoms with van der Waals surface area (Å²) in [5, 5.41) is 6.02. The van der Waals surface area contributed by atoms with Gasteiger partial charge in [-0.1, -0.05) is 42.0 Å². The van der Waals surface area contributed by atoms with Gasteiger partial charge in [0, 0.05) is 13.5 Å². The summed E-state index contributed by atoms with van der Waals surface area (Å²) in [4.78, 5) is 27.0. The number of hydrogen-bond acceptors (Lipinski definition) is 4. The van der Waals surface area contributed by atoms with Gasteiger partial charge in [-0.3, -0.25) is 14.5 Å². The molecule has 1 heterocycles. The molecule has 3 rings (SSSR count). The Labute approximate surface area is 185 Å². The Hall–Kier alpha value is -2.86. The van der Waals surface area contributed by atoms with Crippen LogP contribution >= 0.6 is 0 Å². The number of carbonyl (C=O) groups is 2. The lowest BCUT2D eigenvalue weighted by molar-refractivity contribution is -0.123. The lowest BCUT2D eigenvalue weighted by atomic mass is 10.0. The van der Waals surface area contributed by atoms with Crippen molar-refractivity contribution in [1.82, 2.24) is 15.5 Å². The van der Waals surface area contributed by atoms with E-state index in [1.54, 1.807) is 7.11 Å². The Kier molecular flexibility index (Phi) is 8.06. The van der Waals surface area contributed by atoms with Crippen molar-refractivity contribution in [3.63, 3.8) is 0 Å². The predicted octanol–water partition coefficient (Wildman–Crippen LogP) is 3.52. The molecule has 0 bridgehead atoms. The summed E-state index contributed by atoms with van der Waals surface area (Å²) in [5.41, 5.74) is 3.21. The molecule has 2 unspecified atom stereocenters. The summed E-state index contributed by atoms with van der Waals surface area (Å²) in [6, 6.07) is 15.7. The van der Waals surface area contributed by atoms with Crippen molar-refractivity contribution in [2.45, 2.75) is 45.2 Å². The van der Waals surface area contributed by atoms with Gasteiger partial charge in [0.05, 0.1) is 25.6 Å². The maximum Gasteiger partial charge on any atom is 0.222 e. The van der Waals surface area contributed by atoms with Crippen LogP contribution in [0.15, 0.2) is 48.5 Å². The quantitative estimate of drug-likeness (QED) is 0.647. The van der Waals surface area contributed by atoms with Crippen LogP contribution in [0.3, 0.4) is 0 Å². The normalized spacial score (nSPS) is 15.8. The zero-order valence-corrected chi connectivity index (χ0v) is 18.7. The van der Waals surface area contributed by atoms with E-state index in [-0.39, 0.29) is 30.3 Å². The highest BCUT2D eigenvalue weighted by Gasteiger charge is 2.25. The number of likely N-dealkylation sites (tertiary alicyclic amines) is 1. The maximum absolute atomic E-state index is 12.8. The Morgan fingerprint density at radius 3 is 2.42 bits per heavy atom. The molecular weight excluding hydrogens is 390 g/mol. The first-order valence-corrected chi connectivity index (χ1v) is 10.9. The summed E-state index contributed by atoms with van der Waals surface area (Å²) >= 11 is 0. The summed E-state index contributed by atoms with van der Waals surface area (Å²) in [6.45, 7) is 6.06. The number of nitrogens with zero attached hydrogens (tertiary/aromatic N) is 1. The Balaban J connectivity index is 1.68. The van der Waals surface area contributed by atoms with Crippen LogP contribution in [0, 0.1) is 6.92 Å². The summed E-state index contributed by atoms with van der Waals surface area (Å²) in [7, 11) is 1.67. The fourth-order valence-electron chi connectivity index (χ4n) is 4.12. The van der Waals surface area contributed by atoms with Gasteiger partial charge in [-0.2, -0.15) is 0 Å². The smallest absolute Gasteiger partial charge is 0.222 e. The predicted molar refractivity (Wildman–Crippen MR) is 122 cm³/mol. The number of amides is 2. The van der Waals surface area contributed by atoms with Crippen LogP contribution in [0.1, 0.15) is 55.0 Å². The van der Waals surface area contributed by atoms with Gasteiger partial charge in [0.15, 0.2) is 0 Å². The van der Waals surface area contributed by atoms with E-state index in [9.17, 15) is 9.59 Å². The average Bonchev–Trinajstić information content (AvgIpc) is 3.28. The molecule has 2 aromatic rings. The highest BCUT2D eigenvalue weighted by atomic mass is 16.5. The van der Waals surface area contributed by atoms with Crippen molar-refractivity contribution in [3.05, 3.63) is 65.2 Å². The fraction of sp³-hybridized carbons (Fsp3) is 0.440. The van der Waals surface area contributed by atoms with Crippen molar-refractivity contribution >= 4 is 11.8 Å². The highest BCUT2D eigenvalue weighted by molar-refractivity contribution is 5.79. The molecule has 1 fully saturated rings. The Morgan fingerprint density at radius 1 is 1.06 bits per heavy atom. The first kappa shape index (κ1) is 22.8. The minimum atomic E-state index is -0.347. The van der Waals surface area contributed by atoms with E-state index in [1.165, 1.54) is 19.8 Å². The van der Waals surface area contributed by atoms with E-state index >= 15 is 0 Å². The van der Waals surface area contributed by atoms with Gasteiger partial charge in [-0.05, 0) is 56.1 Å². The van der Waals surface area contributed by atoms with Gasteiger partial charge in [0.2, 0.25) is 11.8 Å². The largest absolute Gasteiger partial charge is 0.497 e. The number of methoxy groups -OCH3 is 1. The molecule has 2 N–H and O–H groups in total. The molecule has 166 valence electrons. The van der Waals surface area contributed by atoms with Crippen LogP contribution in [0.25, 0.3) is 0 Å². The first-order chi connectivity index (χ1) is 15.0. The summed E-state index contributed by atoms with van der Waals surface area (Å²) < 4.78 is 5.39. The fourth-order valence-corrected chi connectivity index (χ4v) is 4.12. The number of benzene rings is 2. The number of ether oxygens (including phenoxy) is 1. The standard InChI is InChI=1S/C25H33N3O3/c1-18-9-11-20(12-10-18)23(27-19(2)29)16-25(30)26-17-24(28-13-4-5-14-28)21-7-6-8-22(15-21)31-3/h6-12,15,23-24H,4-5,13-14,16-17H2,1-3H3,(H,26,30)(H,27,29). The monoisotopic (exact) mass is 423 g/mol. The van der Waals surface area contributed by atoms with E-state index in [0.717, 1.165) is 35.5 Å². The molecule has 31 heavy (non-hydrogen) atoms. The zero-order chi connectivity index (χ0) is 22.2. The molecule has 2 atom stereocenters. The molecule has 1 saturated heterocycles. The lowest BCUT2D eigenvalue weighted by Gasteiger charge is -2.29. The SMILES string of the molecule is COc1cccc(C(CNC(=O)CC(NC(C)=O)c2ccc(C)cc2)N2CCCC2)c1. The minimum absolute atomic E-state index is 0.0774. The second-order valence-corrected chi connectivity index (χ2v) is 8.21. The van der Waals surface area contributed by atoms with Crippen LogP contribution in [0.5, 0.6) is 5.75 Å². The van der Waals surface area contributed by atoms with Gasteiger partial charge in [-0.25, -0.2) is 0 Å². The zero-order valence-electron chi connectivity index (χ0n) is 18.7. The Bertz CT molecular complexity index is 876. The van der Waals surface area contributed by atoms with Crippen molar-refractivity contribution in [2.24, 2.45) is 0 Å². The molecule has 0 aliphatic carbocycles. The van der Waals surface area contributed by atoms with Crippen LogP contribution in [0.4, 0.5) is 0 Å². The van der Waals surface area contributed by atoms with Gasteiger partial charge < -0.3 is 15.4 Å². The third-order valence-electron chi connectivity index (χ3n) is 5.80. The van der Waals surface area contributed by atoms with Gasteiger partial charge in [0.1, 0.15) is 5.75 Å². The third-order valence-corrected chi connectivity index (χ3v) is 5.80. The second-order valence-electron chi connectivity index (χ2n) is 8.21. The third kappa shape index (κ3) is 6.56. The molecule has 0 aromatic heterocycles. The van der Waals surface area contributed by atoms with E-state index in [2.05, 4.69) is 21.6 Å². The number of nitrogens with one attached hydrogen (secondary N) is 2. The first-order valence-electron chi connectivity index (χ1n) is 10.9. The van der Waals surface area contributed by atoms with Crippen LogP contribution in [-0.2, 0) is 9.59 Å². The molecule has 6 nitrogen and oxygen atoms in total. The lowest BCUT2D eigenvalue weighted by Crippen LogP contribution is -2.38. The molecule has 2 aromatic carbocycles. The topological polar surface area (TPSA) is 70.7 Å². The molecule has 0 saturated carbocycles. The van der Waals surface area contributed by atoms with Crippen molar-refractivity contribution in [1.29, 1.82) is 0 Å². The second kappa shape index (κ2) is 11.0. The van der Waals surface area contributed by atoms with Crippen molar-refractivity contribution < 1.29 is 14.3 Å². The number of rotatable bonds is 9. The van der Waals surface area contributed by atoms with Gasteiger partial charge >= 0.3 is 0 Å². The molecule has 0 spiro atoms. The van der Waals surface area contributed by atoms with E-state index in [4.69, 9.17) is 4.74 Å². The molecule has 1 aliphatic rings. The highest BCUT2D eigenvalue weighted by Crippen LogP contribution is 2.27. The summed E-state index contributed by atoms with van der Waals surface area (Å²) in [5.74, 6) is 0.592. The van der Waals surface area contributed by atoms with Crippen LogP contribution in [0.2, 0.25) is 0 Å². The molecule has 1 aliphatic heterocycles. The number of aryl methyl sites for hydroxylation is 1. The van der Waals surface area contributed by atoms with Crippen molar-refractivity contribution in [2.75, 3.05) is 26.7 Å². The van der Waals surface area contributed by atoms with Gasteiger partial charge in [0.25, 0.3) is 0 Å². The maximum atomic E-state index is 12.8. The van der Waals surface area contributed by atoms with E-state index in [1.807, 2.05) is 49.4 Å². The number of carbonyl (C=O) groups excluding carboxylic acids is 2. The van der Waals surface area contributed by atoms with E-state index in [0.29, 0.717) is 6.54 Å². The van der Waals surface area contributed by atoms with Crippen LogP contribution < -0.4 is 15.4 Å². The van der Waals surface area contributed by atoms with Crippen molar-refractivity contribution in [3.8, 4) is 5.75 Å². The Morgan fingerprint density at radius 2 is 1.77 bits per heavy atom. The molecular formula is C25H33N3O3. The van der Waals surface area contributed by atoms with E-state index < -0.39 is 0 Å². The van der Waals surface area contributed by atoms with Crippen LogP contribution in [-0.4, -0.2) is 43.5 Å². The number of hydrogen-bond donors (Lipinski definition) is 2. The summed E-state index contributed by atoms with van der Waals surface area (Å²) in [6.07, 6.45) is 2.55. The minimum Gasteiger partial charge on any atom is -0.497 e. The molecule has 0 radical (unpaired) electrons. The van der Waals surface area contributed by atoms with Gasteiger partial charge in [-0.15, -0.1) is 0 Å². The average molecular weight is 424 g/mol.